The third-order valence-corrected chi connectivity index (χ3v) is 3.29. The summed E-state index contributed by atoms with van der Waals surface area (Å²) >= 11 is 0. The Balaban J connectivity index is 2.53. The highest BCUT2D eigenvalue weighted by molar-refractivity contribution is 5.77. The number of hydrogen-bond donors (Lipinski definition) is 2. The zero-order chi connectivity index (χ0) is 16.0. The fourth-order valence-electron chi connectivity index (χ4n) is 2.39. The van der Waals surface area contributed by atoms with Crippen LogP contribution in [-0.4, -0.2) is 19.1 Å². The van der Waals surface area contributed by atoms with E-state index in [1.54, 1.807) is 7.11 Å². The second kappa shape index (κ2) is 7.46. The Morgan fingerprint density at radius 3 is 2.62 bits per heavy atom. The smallest absolute Gasteiger partial charge is 0.222 e. The van der Waals surface area contributed by atoms with Gasteiger partial charge in [0.15, 0.2) is 0 Å². The molecule has 118 valence electrons. The lowest BCUT2D eigenvalue weighted by Gasteiger charge is -2.23. The molecule has 4 heteroatoms. The van der Waals surface area contributed by atoms with Crippen LogP contribution in [0.25, 0.3) is 0 Å². The third-order valence-electron chi connectivity index (χ3n) is 3.29. The van der Waals surface area contributed by atoms with E-state index in [0.717, 1.165) is 17.7 Å². The standard InChI is InChI=1S/C17H28N2O2/c1-12(13-7-6-8-15(9-13)21-5)19-16(20)10-14(18)11-17(2,3)4/h6-9,12,14H,10-11,18H2,1-5H3,(H,19,20)/t12-,14?/m1/s1. The molecule has 0 spiro atoms. The molecule has 0 radical (unpaired) electrons. The molecule has 0 aliphatic rings. The molecule has 0 fully saturated rings. The molecule has 3 N–H and O–H groups in total. The maximum atomic E-state index is 12.1. The summed E-state index contributed by atoms with van der Waals surface area (Å²) in [5.41, 5.74) is 7.20. The van der Waals surface area contributed by atoms with Gasteiger partial charge in [-0.05, 0) is 36.5 Å². The number of methoxy groups -OCH3 is 1. The van der Waals surface area contributed by atoms with Gasteiger partial charge in [0, 0.05) is 12.5 Å². The first kappa shape index (κ1) is 17.5. The molecule has 0 saturated heterocycles. The van der Waals surface area contributed by atoms with E-state index in [0.29, 0.717) is 6.42 Å². The van der Waals surface area contributed by atoms with Gasteiger partial charge in [0.1, 0.15) is 5.75 Å². The molecular formula is C17H28N2O2. The monoisotopic (exact) mass is 292 g/mol. The summed E-state index contributed by atoms with van der Waals surface area (Å²) in [5, 5.41) is 2.99. The summed E-state index contributed by atoms with van der Waals surface area (Å²) in [6.07, 6.45) is 1.18. The Hall–Kier alpha value is -1.55. The minimum Gasteiger partial charge on any atom is -0.497 e. The fourth-order valence-corrected chi connectivity index (χ4v) is 2.39. The van der Waals surface area contributed by atoms with E-state index in [4.69, 9.17) is 10.5 Å². The van der Waals surface area contributed by atoms with Gasteiger partial charge in [-0.25, -0.2) is 0 Å². The fraction of sp³-hybridized carbons (Fsp3) is 0.588. The van der Waals surface area contributed by atoms with Crippen LogP contribution in [0.5, 0.6) is 5.75 Å². The molecule has 1 aromatic rings. The Morgan fingerprint density at radius 1 is 1.38 bits per heavy atom. The first-order chi connectivity index (χ1) is 9.71. The topological polar surface area (TPSA) is 64.3 Å². The van der Waals surface area contributed by atoms with Crippen molar-refractivity contribution in [2.75, 3.05) is 7.11 Å². The van der Waals surface area contributed by atoms with Crippen molar-refractivity contribution >= 4 is 5.91 Å². The summed E-state index contributed by atoms with van der Waals surface area (Å²) in [7, 11) is 1.63. The number of benzene rings is 1. The van der Waals surface area contributed by atoms with Crippen molar-refractivity contribution < 1.29 is 9.53 Å². The second-order valence-electron chi connectivity index (χ2n) is 6.79. The maximum absolute atomic E-state index is 12.1. The molecule has 2 atom stereocenters. The van der Waals surface area contributed by atoms with Crippen molar-refractivity contribution in [3.05, 3.63) is 29.8 Å². The van der Waals surface area contributed by atoms with Gasteiger partial charge in [-0.15, -0.1) is 0 Å². The highest BCUT2D eigenvalue weighted by Crippen LogP contribution is 2.22. The average molecular weight is 292 g/mol. The van der Waals surface area contributed by atoms with Crippen LogP contribution in [0.2, 0.25) is 0 Å². The lowest BCUT2D eigenvalue weighted by molar-refractivity contribution is -0.122. The van der Waals surface area contributed by atoms with Crippen LogP contribution in [0.1, 0.15) is 52.1 Å². The molecule has 0 aliphatic carbocycles. The number of hydrogen-bond acceptors (Lipinski definition) is 3. The number of rotatable bonds is 6. The number of nitrogens with two attached hydrogens (primary N) is 1. The van der Waals surface area contributed by atoms with E-state index in [1.165, 1.54) is 0 Å². The number of carbonyl (C=O) groups excluding carboxylic acids is 1. The van der Waals surface area contributed by atoms with Crippen LogP contribution in [0.15, 0.2) is 24.3 Å². The number of amides is 1. The molecule has 1 rings (SSSR count). The first-order valence-electron chi connectivity index (χ1n) is 7.40. The van der Waals surface area contributed by atoms with E-state index in [2.05, 4.69) is 26.1 Å². The van der Waals surface area contributed by atoms with Crippen LogP contribution >= 0.6 is 0 Å². The van der Waals surface area contributed by atoms with E-state index in [-0.39, 0.29) is 23.4 Å². The van der Waals surface area contributed by atoms with Crippen molar-refractivity contribution in [2.45, 2.75) is 52.6 Å². The SMILES string of the molecule is COc1cccc([C@@H](C)NC(=O)CC(N)CC(C)(C)C)c1. The van der Waals surface area contributed by atoms with Crippen LogP contribution in [0, 0.1) is 5.41 Å². The predicted molar refractivity (Wildman–Crippen MR) is 86.2 cm³/mol. The molecule has 0 heterocycles. The maximum Gasteiger partial charge on any atom is 0.222 e. The predicted octanol–water partition coefficient (Wildman–Crippen LogP) is 3.03. The van der Waals surface area contributed by atoms with E-state index in [1.807, 2.05) is 31.2 Å². The number of ether oxygens (including phenoxy) is 1. The van der Waals surface area contributed by atoms with Gasteiger partial charge in [0.25, 0.3) is 0 Å². The Labute approximate surface area is 128 Å². The molecule has 21 heavy (non-hydrogen) atoms. The zero-order valence-corrected chi connectivity index (χ0v) is 13.8. The molecule has 4 nitrogen and oxygen atoms in total. The summed E-state index contributed by atoms with van der Waals surface area (Å²) in [5.74, 6) is 0.778. The van der Waals surface area contributed by atoms with Crippen molar-refractivity contribution in [1.82, 2.24) is 5.32 Å². The van der Waals surface area contributed by atoms with E-state index < -0.39 is 0 Å². The van der Waals surface area contributed by atoms with Gasteiger partial charge in [0.2, 0.25) is 5.91 Å². The Bertz CT molecular complexity index is 466. The zero-order valence-electron chi connectivity index (χ0n) is 13.8. The highest BCUT2D eigenvalue weighted by atomic mass is 16.5. The van der Waals surface area contributed by atoms with Crippen LogP contribution in [0.3, 0.4) is 0 Å². The number of nitrogens with one attached hydrogen (secondary N) is 1. The first-order valence-corrected chi connectivity index (χ1v) is 7.40. The van der Waals surface area contributed by atoms with Gasteiger partial charge < -0.3 is 15.8 Å². The summed E-state index contributed by atoms with van der Waals surface area (Å²) in [6, 6.07) is 7.54. The highest BCUT2D eigenvalue weighted by Gasteiger charge is 2.19. The largest absolute Gasteiger partial charge is 0.497 e. The van der Waals surface area contributed by atoms with Crippen molar-refractivity contribution in [3.8, 4) is 5.75 Å². The van der Waals surface area contributed by atoms with Gasteiger partial charge in [-0.2, -0.15) is 0 Å². The molecule has 0 aliphatic heterocycles. The van der Waals surface area contributed by atoms with Crippen LogP contribution in [0.4, 0.5) is 0 Å². The van der Waals surface area contributed by atoms with Gasteiger partial charge in [0.05, 0.1) is 13.2 Å². The van der Waals surface area contributed by atoms with Gasteiger partial charge in [-0.1, -0.05) is 32.9 Å². The molecule has 1 unspecified atom stereocenters. The molecule has 0 bridgehead atoms. The molecule has 0 aromatic heterocycles. The van der Waals surface area contributed by atoms with E-state index in [9.17, 15) is 4.79 Å². The van der Waals surface area contributed by atoms with Crippen molar-refractivity contribution in [3.63, 3.8) is 0 Å². The molecule has 0 saturated carbocycles. The lowest BCUT2D eigenvalue weighted by Crippen LogP contribution is -2.35. The summed E-state index contributed by atoms with van der Waals surface area (Å²) in [6.45, 7) is 8.35. The quantitative estimate of drug-likeness (QED) is 0.847. The molecule has 1 amide bonds. The van der Waals surface area contributed by atoms with Crippen molar-refractivity contribution in [1.29, 1.82) is 0 Å². The minimum absolute atomic E-state index is 0.0120. The third kappa shape index (κ3) is 6.63. The molecular weight excluding hydrogens is 264 g/mol. The summed E-state index contributed by atoms with van der Waals surface area (Å²) in [4.78, 5) is 12.1. The Kier molecular flexibility index (Phi) is 6.21. The minimum atomic E-state index is -0.109. The van der Waals surface area contributed by atoms with Gasteiger partial charge in [-0.3, -0.25) is 4.79 Å². The molecule has 1 aromatic carbocycles. The lowest BCUT2D eigenvalue weighted by atomic mass is 9.87. The average Bonchev–Trinajstić information content (AvgIpc) is 2.36. The van der Waals surface area contributed by atoms with Crippen LogP contribution in [-0.2, 0) is 4.79 Å². The van der Waals surface area contributed by atoms with Crippen LogP contribution < -0.4 is 15.8 Å². The van der Waals surface area contributed by atoms with Gasteiger partial charge >= 0.3 is 0 Å². The second-order valence-corrected chi connectivity index (χ2v) is 6.79. The van der Waals surface area contributed by atoms with Crippen molar-refractivity contribution in [2.24, 2.45) is 11.1 Å². The Morgan fingerprint density at radius 2 is 2.05 bits per heavy atom. The number of carbonyl (C=O) groups is 1. The summed E-state index contributed by atoms with van der Waals surface area (Å²) < 4.78 is 5.20. The normalized spacial score (nSPS) is 14.4. The van der Waals surface area contributed by atoms with E-state index >= 15 is 0 Å².